The van der Waals surface area contributed by atoms with Crippen molar-refractivity contribution < 1.29 is 4.39 Å². The molecule has 140 valence electrons. The maximum atomic E-state index is 14.6. The number of rotatable bonds is 4. The summed E-state index contributed by atoms with van der Waals surface area (Å²) in [6, 6.07) is 16.2. The Kier molecular flexibility index (Phi) is 4.14. The van der Waals surface area contributed by atoms with E-state index in [0.29, 0.717) is 23.0 Å². The number of halogens is 1. The molecule has 0 aliphatic carbocycles. The van der Waals surface area contributed by atoms with Gasteiger partial charge in [0.25, 0.3) is 0 Å². The summed E-state index contributed by atoms with van der Waals surface area (Å²) in [5, 5.41) is 8.02. The number of para-hydroxylation sites is 1. The zero-order valence-electron chi connectivity index (χ0n) is 15.1. The minimum absolute atomic E-state index is 0.318. The minimum atomic E-state index is -0.423. The van der Waals surface area contributed by atoms with Crippen molar-refractivity contribution in [3.8, 4) is 17.1 Å². The molecular formula is C21H14FN7. The van der Waals surface area contributed by atoms with Crippen molar-refractivity contribution in [3.63, 3.8) is 0 Å². The molecule has 3 heterocycles. The second-order valence-corrected chi connectivity index (χ2v) is 6.28. The van der Waals surface area contributed by atoms with Crippen LogP contribution in [0.1, 0.15) is 0 Å². The number of aromatic nitrogens is 6. The smallest absolute Gasteiger partial charge is 0.162 e. The molecule has 0 fully saturated rings. The highest BCUT2D eigenvalue weighted by atomic mass is 19.1. The molecule has 2 aromatic carbocycles. The lowest BCUT2D eigenvalue weighted by Crippen LogP contribution is -2.02. The van der Waals surface area contributed by atoms with Crippen LogP contribution in [0.25, 0.3) is 28.0 Å². The molecule has 5 aromatic rings. The number of benzene rings is 2. The van der Waals surface area contributed by atoms with E-state index in [1.807, 2.05) is 36.4 Å². The van der Waals surface area contributed by atoms with E-state index in [9.17, 15) is 4.39 Å². The fourth-order valence-electron chi connectivity index (χ4n) is 3.04. The number of hydrogen-bond donors (Lipinski definition) is 1. The molecule has 3 aromatic heterocycles. The van der Waals surface area contributed by atoms with Gasteiger partial charge in [-0.3, -0.25) is 4.98 Å². The van der Waals surface area contributed by atoms with Gasteiger partial charge in [-0.1, -0.05) is 12.1 Å². The number of anilines is 2. The summed E-state index contributed by atoms with van der Waals surface area (Å²) in [5.41, 5.74) is 2.52. The first-order valence-electron chi connectivity index (χ1n) is 8.87. The lowest BCUT2D eigenvalue weighted by atomic mass is 10.2. The van der Waals surface area contributed by atoms with Crippen LogP contribution in [0, 0.1) is 5.82 Å². The van der Waals surface area contributed by atoms with E-state index in [-0.39, 0.29) is 0 Å². The Morgan fingerprint density at radius 2 is 1.76 bits per heavy atom. The lowest BCUT2D eigenvalue weighted by molar-refractivity contribution is 0.611. The third kappa shape index (κ3) is 3.27. The van der Waals surface area contributed by atoms with Crippen molar-refractivity contribution in [2.75, 3.05) is 5.32 Å². The number of nitrogens with one attached hydrogen (secondary N) is 1. The zero-order valence-corrected chi connectivity index (χ0v) is 15.1. The van der Waals surface area contributed by atoms with Crippen LogP contribution in [0.5, 0.6) is 0 Å². The molecule has 1 N–H and O–H groups in total. The molecular weight excluding hydrogens is 369 g/mol. The maximum absolute atomic E-state index is 14.6. The van der Waals surface area contributed by atoms with Gasteiger partial charge in [0.05, 0.1) is 5.52 Å². The first-order valence-corrected chi connectivity index (χ1v) is 8.87. The van der Waals surface area contributed by atoms with Gasteiger partial charge >= 0.3 is 0 Å². The van der Waals surface area contributed by atoms with E-state index < -0.39 is 5.82 Å². The number of hydrogen-bond acceptors (Lipinski definition) is 6. The molecule has 0 radical (unpaired) electrons. The van der Waals surface area contributed by atoms with Gasteiger partial charge in [0, 0.05) is 29.0 Å². The van der Waals surface area contributed by atoms with Gasteiger partial charge < -0.3 is 5.32 Å². The van der Waals surface area contributed by atoms with E-state index >= 15 is 0 Å². The summed E-state index contributed by atoms with van der Waals surface area (Å²) in [6.45, 7) is 0. The first-order chi connectivity index (χ1) is 14.3. The number of fused-ring (bicyclic) bond motifs is 1. The van der Waals surface area contributed by atoms with Crippen LogP contribution in [0.15, 0.2) is 79.6 Å². The second-order valence-electron chi connectivity index (χ2n) is 6.28. The minimum Gasteiger partial charge on any atom is -0.340 e. The van der Waals surface area contributed by atoms with E-state index in [1.54, 1.807) is 24.5 Å². The summed E-state index contributed by atoms with van der Waals surface area (Å²) in [7, 11) is 0. The Morgan fingerprint density at radius 3 is 2.55 bits per heavy atom. The molecule has 0 saturated carbocycles. The average molecular weight is 383 g/mol. The molecule has 0 unspecified atom stereocenters. The van der Waals surface area contributed by atoms with E-state index in [0.717, 1.165) is 16.5 Å². The molecule has 0 saturated heterocycles. The molecule has 29 heavy (non-hydrogen) atoms. The lowest BCUT2D eigenvalue weighted by Gasteiger charge is -2.12. The van der Waals surface area contributed by atoms with Gasteiger partial charge in [-0.2, -0.15) is 5.10 Å². The quantitative estimate of drug-likeness (QED) is 0.502. The highest BCUT2D eigenvalue weighted by Crippen LogP contribution is 2.28. The van der Waals surface area contributed by atoms with Crippen molar-refractivity contribution in [3.05, 3.63) is 85.5 Å². The topological polar surface area (TPSA) is 81.4 Å². The van der Waals surface area contributed by atoms with Crippen molar-refractivity contribution in [1.29, 1.82) is 0 Å². The van der Waals surface area contributed by atoms with Gasteiger partial charge in [-0.25, -0.2) is 24.0 Å². The average Bonchev–Trinajstić information content (AvgIpc) is 3.29. The van der Waals surface area contributed by atoms with E-state index in [4.69, 9.17) is 0 Å². The van der Waals surface area contributed by atoms with Gasteiger partial charge in [0.2, 0.25) is 0 Å². The summed E-state index contributed by atoms with van der Waals surface area (Å²) in [4.78, 5) is 17.2. The molecule has 5 rings (SSSR count). The Morgan fingerprint density at radius 1 is 0.897 bits per heavy atom. The van der Waals surface area contributed by atoms with Gasteiger partial charge in [-0.15, -0.1) is 0 Å². The van der Waals surface area contributed by atoms with Crippen LogP contribution in [-0.4, -0.2) is 29.7 Å². The summed E-state index contributed by atoms with van der Waals surface area (Å²) >= 11 is 0. The first kappa shape index (κ1) is 16.9. The molecule has 0 atom stereocenters. The van der Waals surface area contributed by atoms with E-state index in [1.165, 1.54) is 23.4 Å². The maximum Gasteiger partial charge on any atom is 0.162 e. The number of pyridine rings is 1. The third-order valence-corrected chi connectivity index (χ3v) is 4.42. The van der Waals surface area contributed by atoms with Gasteiger partial charge in [0.1, 0.15) is 24.2 Å². The monoisotopic (exact) mass is 383 g/mol. The Bertz CT molecular complexity index is 1290. The predicted octanol–water partition coefficient (Wildman–Crippen LogP) is 4.16. The fraction of sp³-hybridized carbons (Fsp3) is 0. The highest BCUT2D eigenvalue weighted by Gasteiger charge is 2.11. The molecule has 0 spiro atoms. The standard InChI is InChI=1S/C21H14FN7/c22-17-11-15(5-6-19(17)29-13-24-12-25-29)26-21-16-3-1-2-4-18(16)27-20(28-21)14-7-9-23-10-8-14/h1-13H,(H,26,27,28). The Hall–Kier alpha value is -4.20. The summed E-state index contributed by atoms with van der Waals surface area (Å²) in [6.07, 6.45) is 6.20. The molecule has 0 aliphatic rings. The van der Waals surface area contributed by atoms with Crippen LogP contribution < -0.4 is 5.32 Å². The zero-order chi connectivity index (χ0) is 19.6. The second kappa shape index (κ2) is 7.08. The summed E-state index contributed by atoms with van der Waals surface area (Å²) in [5.74, 6) is 0.733. The summed E-state index contributed by atoms with van der Waals surface area (Å²) < 4.78 is 16.0. The van der Waals surface area contributed by atoms with Gasteiger partial charge in [0.15, 0.2) is 11.6 Å². The van der Waals surface area contributed by atoms with Crippen molar-refractivity contribution in [1.82, 2.24) is 29.7 Å². The molecule has 8 heteroatoms. The predicted molar refractivity (Wildman–Crippen MR) is 107 cm³/mol. The van der Waals surface area contributed by atoms with Crippen LogP contribution in [0.2, 0.25) is 0 Å². The largest absolute Gasteiger partial charge is 0.340 e. The van der Waals surface area contributed by atoms with Crippen molar-refractivity contribution in [2.24, 2.45) is 0 Å². The normalized spacial score (nSPS) is 10.9. The van der Waals surface area contributed by atoms with Crippen LogP contribution in [0.3, 0.4) is 0 Å². The molecule has 7 nitrogen and oxygen atoms in total. The Balaban J connectivity index is 1.57. The van der Waals surface area contributed by atoms with Crippen LogP contribution >= 0.6 is 0 Å². The molecule has 0 aliphatic heterocycles. The Labute approximate surface area is 164 Å². The van der Waals surface area contributed by atoms with Crippen molar-refractivity contribution in [2.45, 2.75) is 0 Å². The molecule has 0 amide bonds. The SMILES string of the molecule is Fc1cc(Nc2nc(-c3ccncc3)nc3ccccc23)ccc1-n1cncn1. The van der Waals surface area contributed by atoms with Crippen LogP contribution in [-0.2, 0) is 0 Å². The van der Waals surface area contributed by atoms with Crippen molar-refractivity contribution >= 4 is 22.4 Å². The van der Waals surface area contributed by atoms with Crippen LogP contribution in [0.4, 0.5) is 15.9 Å². The third-order valence-electron chi connectivity index (χ3n) is 4.42. The molecule has 0 bridgehead atoms. The number of nitrogens with zero attached hydrogens (tertiary/aromatic N) is 6. The van der Waals surface area contributed by atoms with E-state index in [2.05, 4.69) is 30.4 Å². The highest BCUT2D eigenvalue weighted by molar-refractivity contribution is 5.92. The fourth-order valence-corrected chi connectivity index (χ4v) is 3.04. The van der Waals surface area contributed by atoms with Gasteiger partial charge in [-0.05, 0) is 42.5 Å².